The average Bonchev–Trinajstić information content (AvgIpc) is 3.28. The first-order valence-electron chi connectivity index (χ1n) is 26.3. The van der Waals surface area contributed by atoms with Crippen LogP contribution in [0.2, 0.25) is 18.1 Å². The Bertz CT molecular complexity index is 1960. The molecule has 3 aliphatic heterocycles. The number of hydrogen-bond acceptors (Lipinski definition) is 14. The van der Waals surface area contributed by atoms with Crippen LogP contribution in [0.15, 0.2) is 54.1 Å². The minimum Gasteiger partial charge on any atom is -0.466 e. The van der Waals surface area contributed by atoms with Gasteiger partial charge in [0.05, 0.1) is 63.4 Å². The van der Waals surface area contributed by atoms with Crippen LogP contribution in [0.4, 0.5) is 0 Å². The summed E-state index contributed by atoms with van der Waals surface area (Å²) in [7, 11) is -1.21. The summed E-state index contributed by atoms with van der Waals surface area (Å²) in [6.07, 6.45) is 7.94. The predicted octanol–water partition coefficient (Wildman–Crippen LogP) is 10.3. The van der Waals surface area contributed by atoms with E-state index >= 15 is 0 Å². The molecule has 1 aromatic carbocycles. The molecule has 0 unspecified atom stereocenters. The van der Waals surface area contributed by atoms with E-state index in [1.54, 1.807) is 13.8 Å². The average molecular weight is 1010 g/mol. The van der Waals surface area contributed by atoms with Crippen molar-refractivity contribution < 1.29 is 66.6 Å². The molecule has 4 aliphatic rings. The summed E-state index contributed by atoms with van der Waals surface area (Å²) < 4.78 is 57.6. The Morgan fingerprint density at radius 1 is 0.930 bits per heavy atom. The maximum absolute atomic E-state index is 14.6. The van der Waals surface area contributed by atoms with Crippen molar-refractivity contribution in [2.24, 2.45) is 23.2 Å². The lowest BCUT2D eigenvalue weighted by Gasteiger charge is -2.51. The van der Waals surface area contributed by atoms with Gasteiger partial charge < -0.3 is 47.4 Å². The first-order chi connectivity index (χ1) is 33.3. The van der Waals surface area contributed by atoms with Gasteiger partial charge in [0.2, 0.25) is 5.79 Å². The molecule has 1 aliphatic carbocycles. The zero-order valence-electron chi connectivity index (χ0n) is 45.2. The molecule has 0 amide bonds. The SMILES string of the molecule is COC(=O)/C=C1\C[C@@H](C[C@@H](OC(=O)C[C@@H](C[C@@H]2CCC[C@H](C[C@@H]3CCO[C@@]4(C[C@H](C)CC[C@H]4C(C)C)O3)O2)O[Si](C)(C)C(C)(C)C)[C@H](C)OCc2ccccc2)O[C@@](O)(C(C)(C)/C=C/C=O)[C@H]1OC(C)=O. The van der Waals surface area contributed by atoms with E-state index in [9.17, 15) is 24.3 Å². The molecule has 1 aromatic rings. The van der Waals surface area contributed by atoms with Crippen molar-refractivity contribution in [1.82, 2.24) is 0 Å². The predicted molar refractivity (Wildman–Crippen MR) is 272 cm³/mol. The summed E-state index contributed by atoms with van der Waals surface area (Å²) in [6.45, 7) is 24.9. The van der Waals surface area contributed by atoms with Gasteiger partial charge in [0.1, 0.15) is 12.4 Å². The van der Waals surface area contributed by atoms with Crippen LogP contribution in [0.25, 0.3) is 0 Å². The fourth-order valence-electron chi connectivity index (χ4n) is 10.7. The second-order valence-electron chi connectivity index (χ2n) is 23.3. The van der Waals surface area contributed by atoms with Gasteiger partial charge in [0.25, 0.3) is 0 Å². The van der Waals surface area contributed by atoms with Crippen LogP contribution in [-0.2, 0) is 68.1 Å². The summed E-state index contributed by atoms with van der Waals surface area (Å²) >= 11 is 0. The topological polar surface area (TPSA) is 172 Å². The molecule has 14 nitrogen and oxygen atoms in total. The van der Waals surface area contributed by atoms with Crippen LogP contribution in [0.5, 0.6) is 0 Å². The van der Waals surface area contributed by atoms with Crippen molar-refractivity contribution in [3.63, 3.8) is 0 Å². The summed E-state index contributed by atoms with van der Waals surface area (Å²) in [5.41, 5.74) is -0.215. The van der Waals surface area contributed by atoms with Crippen LogP contribution in [0, 0.1) is 23.2 Å². The van der Waals surface area contributed by atoms with Gasteiger partial charge in [-0.25, -0.2) is 4.79 Å². The van der Waals surface area contributed by atoms with Crippen molar-refractivity contribution in [2.45, 2.75) is 231 Å². The molecule has 4 fully saturated rings. The number of hydrogen-bond donors (Lipinski definition) is 1. The van der Waals surface area contributed by atoms with Crippen molar-refractivity contribution in [3.05, 3.63) is 59.7 Å². The molecule has 71 heavy (non-hydrogen) atoms. The molecule has 15 heteroatoms. The largest absolute Gasteiger partial charge is 0.466 e. The molecular formula is C56H88O14Si. The highest BCUT2D eigenvalue weighted by atomic mass is 28.4. The number of carbonyl (C=O) groups excluding carboxylic acids is 4. The number of allylic oxidation sites excluding steroid dienone is 1. The van der Waals surface area contributed by atoms with E-state index in [0.717, 1.165) is 50.5 Å². The maximum atomic E-state index is 14.6. The lowest BCUT2D eigenvalue weighted by Crippen LogP contribution is -2.62. The van der Waals surface area contributed by atoms with Crippen molar-refractivity contribution in [2.75, 3.05) is 13.7 Å². The molecule has 0 aromatic heterocycles. The second kappa shape index (κ2) is 25.3. The van der Waals surface area contributed by atoms with Crippen LogP contribution in [-0.4, -0.2) is 112 Å². The lowest BCUT2D eigenvalue weighted by molar-refractivity contribution is -0.342. The third-order valence-corrected chi connectivity index (χ3v) is 20.3. The van der Waals surface area contributed by atoms with Crippen molar-refractivity contribution >= 4 is 32.5 Å². The summed E-state index contributed by atoms with van der Waals surface area (Å²) in [6, 6.07) is 9.64. The zero-order chi connectivity index (χ0) is 52.4. The fraction of sp³-hybridized carbons (Fsp3) is 0.750. The maximum Gasteiger partial charge on any atom is 0.330 e. The van der Waals surface area contributed by atoms with Crippen LogP contribution < -0.4 is 0 Å². The Morgan fingerprint density at radius 2 is 1.63 bits per heavy atom. The van der Waals surface area contributed by atoms with Crippen LogP contribution >= 0.6 is 0 Å². The quantitative estimate of drug-likeness (QED) is 0.0405. The number of ether oxygens (including phenoxy) is 8. The number of methoxy groups -OCH3 is 1. The number of rotatable bonds is 21. The Balaban J connectivity index is 1.39. The number of aldehydes is 1. The highest BCUT2D eigenvalue weighted by molar-refractivity contribution is 6.74. The van der Waals surface area contributed by atoms with Gasteiger partial charge >= 0.3 is 17.9 Å². The molecular weight excluding hydrogens is 925 g/mol. The fourth-order valence-corrected chi connectivity index (χ4v) is 12.1. The monoisotopic (exact) mass is 1010 g/mol. The molecule has 0 radical (unpaired) electrons. The van der Waals surface area contributed by atoms with Gasteiger partial charge in [-0.2, -0.15) is 0 Å². The Hall–Kier alpha value is -3.28. The molecule has 1 saturated carbocycles. The molecule has 0 bridgehead atoms. The normalized spacial score (nSPS) is 30.7. The summed E-state index contributed by atoms with van der Waals surface area (Å²) in [5.74, 6) is -3.43. The number of carbonyl (C=O) groups is 4. The second-order valence-corrected chi connectivity index (χ2v) is 28.0. The third-order valence-electron chi connectivity index (χ3n) is 15.7. The van der Waals surface area contributed by atoms with E-state index in [1.807, 2.05) is 37.3 Å². The van der Waals surface area contributed by atoms with Gasteiger partial charge in [-0.05, 0) is 105 Å². The Morgan fingerprint density at radius 3 is 2.28 bits per heavy atom. The van der Waals surface area contributed by atoms with Crippen molar-refractivity contribution in [1.29, 1.82) is 0 Å². The highest BCUT2D eigenvalue weighted by Gasteiger charge is 2.58. The van der Waals surface area contributed by atoms with Gasteiger partial charge in [-0.15, -0.1) is 0 Å². The molecule has 400 valence electrons. The number of benzene rings is 1. The minimum atomic E-state index is -2.43. The number of aliphatic hydroxyl groups is 1. The first kappa shape index (κ1) is 58.6. The smallest absolute Gasteiger partial charge is 0.330 e. The zero-order valence-corrected chi connectivity index (χ0v) is 46.2. The van der Waals surface area contributed by atoms with Crippen molar-refractivity contribution in [3.8, 4) is 0 Å². The van der Waals surface area contributed by atoms with Gasteiger partial charge in [-0.1, -0.05) is 98.2 Å². The first-order valence-corrected chi connectivity index (χ1v) is 29.2. The Kier molecular flexibility index (Phi) is 20.9. The molecule has 3 heterocycles. The van der Waals surface area contributed by atoms with Crippen LogP contribution in [0.1, 0.15) is 152 Å². The standard InChI is InChI=1S/C56H88O14Si/c1-37(2)48-24-23-38(3)35-55(48)64-28-25-45(68-55)31-43-21-17-22-44(66-43)32-47(70-71(12,13)53(6,7)8)34-51(60)67-49(39(4)63-36-41-19-15-14-16-20-41)33-46-29-42(30-50(59)62-11)52(65-40(5)58)56(61,69-46)54(9,10)26-18-27-57/h14-16,18-20,26-27,30,37-39,43-49,52,61H,17,21-25,28-29,31-36H2,1-13H3/b26-18+,42-30+/t38-,39+,43-,44+,45+,46+,47-,48+,49-,52+,55+,56-/m1/s1. The molecule has 12 atom stereocenters. The molecule has 1 spiro atoms. The lowest BCUT2D eigenvalue weighted by atomic mass is 9.72. The van der Waals surface area contributed by atoms with E-state index in [2.05, 4.69) is 54.6 Å². The molecule has 5 rings (SSSR count). The van der Waals surface area contributed by atoms with Gasteiger partial charge in [-0.3, -0.25) is 14.4 Å². The molecule has 1 N–H and O–H groups in total. The molecule has 3 saturated heterocycles. The van der Waals surface area contributed by atoms with E-state index in [1.165, 1.54) is 38.7 Å². The van der Waals surface area contributed by atoms with E-state index < -0.39 is 73.7 Å². The summed E-state index contributed by atoms with van der Waals surface area (Å²) in [5, 5.41) is 12.4. The summed E-state index contributed by atoms with van der Waals surface area (Å²) in [4.78, 5) is 51.5. The third kappa shape index (κ3) is 15.9. The number of esters is 3. The van der Waals surface area contributed by atoms with Gasteiger partial charge in [0.15, 0.2) is 20.2 Å². The van der Waals surface area contributed by atoms with E-state index in [-0.39, 0.29) is 54.8 Å². The van der Waals surface area contributed by atoms with E-state index in [4.69, 9.17) is 42.3 Å². The van der Waals surface area contributed by atoms with E-state index in [0.29, 0.717) is 37.1 Å². The highest BCUT2D eigenvalue weighted by Crippen LogP contribution is 2.49. The minimum absolute atomic E-state index is 0.00306. The Labute approximate surface area is 425 Å². The van der Waals surface area contributed by atoms with Crippen LogP contribution in [0.3, 0.4) is 0 Å². The van der Waals surface area contributed by atoms with Gasteiger partial charge in [0, 0.05) is 37.2 Å².